The van der Waals surface area contributed by atoms with Gasteiger partial charge >= 0.3 is 0 Å². The summed E-state index contributed by atoms with van der Waals surface area (Å²) in [5.74, 6) is 1.11. The summed E-state index contributed by atoms with van der Waals surface area (Å²) >= 11 is 0. The summed E-state index contributed by atoms with van der Waals surface area (Å²) in [6, 6.07) is 3.80. The van der Waals surface area contributed by atoms with Crippen molar-refractivity contribution in [3.05, 3.63) is 29.7 Å². The van der Waals surface area contributed by atoms with Gasteiger partial charge in [0, 0.05) is 20.4 Å². The van der Waals surface area contributed by atoms with E-state index in [0.717, 1.165) is 5.75 Å². The predicted octanol–water partition coefficient (Wildman–Crippen LogP) is 2.95. The van der Waals surface area contributed by atoms with Crippen molar-refractivity contribution in [3.63, 3.8) is 0 Å². The van der Waals surface area contributed by atoms with Gasteiger partial charge in [-0.2, -0.15) is 0 Å². The number of methoxy groups -OCH3 is 2. The van der Waals surface area contributed by atoms with Crippen LogP contribution >= 0.6 is 0 Å². The third-order valence-corrected chi connectivity index (χ3v) is 5.16. The van der Waals surface area contributed by atoms with Gasteiger partial charge in [0.2, 0.25) is 0 Å². The molecule has 1 N–H and O–H groups in total. The van der Waals surface area contributed by atoms with Crippen LogP contribution in [-0.2, 0) is 9.47 Å². The molecule has 1 amide bonds. The van der Waals surface area contributed by atoms with Crippen molar-refractivity contribution in [1.29, 1.82) is 0 Å². The number of aromatic nitrogens is 2. The van der Waals surface area contributed by atoms with E-state index in [-0.39, 0.29) is 12.5 Å². The summed E-state index contributed by atoms with van der Waals surface area (Å²) in [6.07, 6.45) is 7.71. The van der Waals surface area contributed by atoms with Crippen molar-refractivity contribution >= 4 is 11.6 Å². The lowest BCUT2D eigenvalue weighted by molar-refractivity contribution is -0.0974. The smallest absolute Gasteiger partial charge is 0.270 e. The molecule has 148 valence electrons. The van der Waals surface area contributed by atoms with Crippen molar-refractivity contribution in [2.24, 2.45) is 5.92 Å². The van der Waals surface area contributed by atoms with Crippen LogP contribution in [-0.4, -0.2) is 49.0 Å². The fraction of sp³-hybridized carbons (Fsp3) is 0.600. The summed E-state index contributed by atoms with van der Waals surface area (Å²) in [4.78, 5) is 17.2. The van der Waals surface area contributed by atoms with Crippen molar-refractivity contribution in [1.82, 2.24) is 14.7 Å². The maximum atomic E-state index is 12.7. The Hall–Kier alpha value is -2.12. The van der Waals surface area contributed by atoms with Gasteiger partial charge < -0.3 is 19.5 Å². The first-order chi connectivity index (χ1) is 13.1. The van der Waals surface area contributed by atoms with E-state index in [9.17, 15) is 4.79 Å². The van der Waals surface area contributed by atoms with Gasteiger partial charge in [0.05, 0.1) is 18.8 Å². The zero-order valence-corrected chi connectivity index (χ0v) is 16.4. The summed E-state index contributed by atoms with van der Waals surface area (Å²) in [6.45, 7) is 2.80. The number of carbonyl (C=O) groups excluding carboxylic acids is 1. The zero-order valence-electron chi connectivity index (χ0n) is 16.4. The molecule has 0 aliphatic heterocycles. The number of aryl methyl sites for hydroxylation is 1. The van der Waals surface area contributed by atoms with Crippen LogP contribution in [0.1, 0.15) is 48.3 Å². The van der Waals surface area contributed by atoms with Crippen LogP contribution in [0.4, 0.5) is 0 Å². The summed E-state index contributed by atoms with van der Waals surface area (Å²) in [7, 11) is 3.07. The molecule has 0 unspecified atom stereocenters. The van der Waals surface area contributed by atoms with Crippen molar-refractivity contribution in [3.8, 4) is 5.75 Å². The maximum Gasteiger partial charge on any atom is 0.270 e. The lowest BCUT2D eigenvalue weighted by Crippen LogP contribution is -2.35. The van der Waals surface area contributed by atoms with Gasteiger partial charge in [-0.05, 0) is 37.8 Å². The first kappa shape index (κ1) is 19.6. The number of fused-ring (bicyclic) bond motifs is 1. The van der Waals surface area contributed by atoms with Crippen LogP contribution in [0.15, 0.2) is 18.3 Å². The SMILES string of the molecule is COC(CNC(=O)c1c(C)nc2c(OCC3CCCCC3)cccn12)OC. The van der Waals surface area contributed by atoms with E-state index in [0.29, 0.717) is 29.6 Å². The van der Waals surface area contributed by atoms with Gasteiger partial charge in [-0.25, -0.2) is 4.98 Å². The Kier molecular flexibility index (Phi) is 6.68. The highest BCUT2D eigenvalue weighted by Gasteiger charge is 2.20. The van der Waals surface area contributed by atoms with E-state index in [2.05, 4.69) is 10.3 Å². The second-order valence-electron chi connectivity index (χ2n) is 7.04. The first-order valence-electron chi connectivity index (χ1n) is 9.58. The third-order valence-electron chi connectivity index (χ3n) is 5.16. The average Bonchev–Trinajstić information content (AvgIpc) is 3.04. The van der Waals surface area contributed by atoms with Crippen LogP contribution < -0.4 is 10.1 Å². The van der Waals surface area contributed by atoms with Crippen LogP contribution in [0.25, 0.3) is 5.65 Å². The number of amides is 1. The second-order valence-corrected chi connectivity index (χ2v) is 7.04. The van der Waals surface area contributed by atoms with Crippen LogP contribution in [0.3, 0.4) is 0 Å². The number of hydrogen-bond donors (Lipinski definition) is 1. The minimum absolute atomic E-state index is 0.219. The number of carbonyl (C=O) groups is 1. The van der Waals surface area contributed by atoms with Crippen molar-refractivity contribution in [2.75, 3.05) is 27.4 Å². The molecule has 0 aromatic carbocycles. The van der Waals surface area contributed by atoms with Gasteiger partial charge in [0.25, 0.3) is 5.91 Å². The molecule has 1 aliphatic rings. The van der Waals surface area contributed by atoms with Crippen LogP contribution in [0, 0.1) is 12.8 Å². The molecule has 7 nitrogen and oxygen atoms in total. The third kappa shape index (κ3) is 4.59. The van der Waals surface area contributed by atoms with E-state index in [1.807, 2.05) is 25.3 Å². The molecule has 2 aromatic rings. The Morgan fingerprint density at radius 1 is 1.30 bits per heavy atom. The highest BCUT2D eigenvalue weighted by Crippen LogP contribution is 2.27. The summed E-state index contributed by atoms with van der Waals surface area (Å²) in [5, 5.41) is 2.83. The largest absolute Gasteiger partial charge is 0.489 e. The molecular weight excluding hydrogens is 346 g/mol. The molecule has 1 saturated carbocycles. The monoisotopic (exact) mass is 375 g/mol. The van der Waals surface area contributed by atoms with Gasteiger partial charge in [-0.3, -0.25) is 9.20 Å². The number of imidazole rings is 1. The number of hydrogen-bond acceptors (Lipinski definition) is 5. The van der Waals surface area contributed by atoms with Crippen LogP contribution in [0.2, 0.25) is 0 Å². The van der Waals surface area contributed by atoms with E-state index in [1.54, 1.807) is 4.40 Å². The lowest BCUT2D eigenvalue weighted by atomic mass is 9.90. The molecule has 1 fully saturated rings. The number of nitrogens with zero attached hydrogens (tertiary/aromatic N) is 2. The minimum atomic E-state index is -0.483. The van der Waals surface area contributed by atoms with E-state index < -0.39 is 6.29 Å². The number of pyridine rings is 1. The standard InChI is InChI=1S/C20H29N3O4/c1-14-18(20(24)21-12-17(25-2)26-3)23-11-7-10-16(19(23)22-14)27-13-15-8-5-4-6-9-15/h7,10-11,15,17H,4-6,8-9,12-13H2,1-3H3,(H,21,24). The number of ether oxygens (including phenoxy) is 3. The fourth-order valence-electron chi connectivity index (χ4n) is 3.63. The molecule has 0 atom stereocenters. The summed E-state index contributed by atoms with van der Waals surface area (Å²) < 4.78 is 18.1. The first-order valence-corrected chi connectivity index (χ1v) is 9.58. The zero-order chi connectivity index (χ0) is 19.2. The quantitative estimate of drug-likeness (QED) is 0.718. The predicted molar refractivity (Wildman–Crippen MR) is 102 cm³/mol. The molecule has 0 radical (unpaired) electrons. The molecule has 3 rings (SSSR count). The molecule has 7 heteroatoms. The van der Waals surface area contributed by atoms with Gasteiger partial charge in [0.15, 0.2) is 17.7 Å². The molecule has 0 spiro atoms. The molecule has 2 heterocycles. The van der Waals surface area contributed by atoms with Crippen molar-refractivity contribution < 1.29 is 19.0 Å². The number of nitrogens with one attached hydrogen (secondary N) is 1. The Bertz CT molecular complexity index is 764. The van der Waals surface area contributed by atoms with E-state index in [4.69, 9.17) is 14.2 Å². The Morgan fingerprint density at radius 3 is 2.74 bits per heavy atom. The van der Waals surface area contributed by atoms with E-state index in [1.165, 1.54) is 46.3 Å². The molecule has 0 bridgehead atoms. The summed E-state index contributed by atoms with van der Waals surface area (Å²) in [5.41, 5.74) is 1.83. The highest BCUT2D eigenvalue weighted by molar-refractivity contribution is 5.95. The van der Waals surface area contributed by atoms with E-state index >= 15 is 0 Å². The Morgan fingerprint density at radius 2 is 2.04 bits per heavy atom. The average molecular weight is 375 g/mol. The molecule has 27 heavy (non-hydrogen) atoms. The normalized spacial score (nSPS) is 15.4. The Balaban J connectivity index is 1.75. The van der Waals surface area contributed by atoms with Crippen LogP contribution in [0.5, 0.6) is 5.75 Å². The van der Waals surface area contributed by atoms with Gasteiger partial charge in [-0.15, -0.1) is 0 Å². The topological polar surface area (TPSA) is 74.1 Å². The Labute approximate surface area is 160 Å². The molecule has 1 aliphatic carbocycles. The fourth-order valence-corrected chi connectivity index (χ4v) is 3.63. The second kappa shape index (κ2) is 9.19. The van der Waals surface area contributed by atoms with Crippen molar-refractivity contribution in [2.45, 2.75) is 45.3 Å². The molecular formula is C20H29N3O4. The van der Waals surface area contributed by atoms with Gasteiger partial charge in [0.1, 0.15) is 5.69 Å². The lowest BCUT2D eigenvalue weighted by Gasteiger charge is -2.21. The minimum Gasteiger partial charge on any atom is -0.489 e. The molecule has 0 saturated heterocycles. The maximum absolute atomic E-state index is 12.7. The van der Waals surface area contributed by atoms with Gasteiger partial charge in [-0.1, -0.05) is 19.3 Å². The number of rotatable bonds is 8. The molecule has 2 aromatic heterocycles. The highest BCUT2D eigenvalue weighted by atomic mass is 16.7.